The minimum Gasteiger partial charge on any atom is -0.497 e. The highest BCUT2D eigenvalue weighted by atomic mass is 16.7. The standard InChI is InChI=1S/C22H20N2O4/c1-26-20-14-8-9-17(15-20)16-23-24-21(25)22(27-18-10-4-2-5-11-18)28-19-12-6-3-7-13-19/h2-16,22H,1H3,(H,24,25)/b23-16-. The molecule has 0 spiro atoms. The molecule has 142 valence electrons. The van der Waals surface area contributed by atoms with Gasteiger partial charge < -0.3 is 14.2 Å². The summed E-state index contributed by atoms with van der Waals surface area (Å²) >= 11 is 0. The van der Waals surface area contributed by atoms with E-state index in [2.05, 4.69) is 10.5 Å². The van der Waals surface area contributed by atoms with E-state index in [9.17, 15) is 4.79 Å². The highest BCUT2D eigenvalue weighted by Gasteiger charge is 2.22. The van der Waals surface area contributed by atoms with E-state index in [0.717, 1.165) is 5.56 Å². The molecule has 0 atom stereocenters. The van der Waals surface area contributed by atoms with Crippen LogP contribution in [0.25, 0.3) is 0 Å². The first-order chi connectivity index (χ1) is 13.7. The predicted octanol–water partition coefficient (Wildman–Crippen LogP) is 3.63. The first-order valence-corrected chi connectivity index (χ1v) is 8.65. The molecule has 0 heterocycles. The van der Waals surface area contributed by atoms with E-state index in [1.807, 2.05) is 54.6 Å². The lowest BCUT2D eigenvalue weighted by Crippen LogP contribution is -2.40. The quantitative estimate of drug-likeness (QED) is 0.370. The van der Waals surface area contributed by atoms with Gasteiger partial charge in [0, 0.05) is 0 Å². The summed E-state index contributed by atoms with van der Waals surface area (Å²) in [6.45, 7) is 0. The Kier molecular flexibility index (Phi) is 6.62. The van der Waals surface area contributed by atoms with Gasteiger partial charge in [-0.1, -0.05) is 48.5 Å². The average molecular weight is 376 g/mol. The van der Waals surface area contributed by atoms with Gasteiger partial charge in [-0.15, -0.1) is 0 Å². The number of hydrogen-bond acceptors (Lipinski definition) is 5. The van der Waals surface area contributed by atoms with Crippen molar-refractivity contribution in [2.45, 2.75) is 6.29 Å². The molecule has 0 radical (unpaired) electrons. The molecule has 0 bridgehead atoms. The smallest absolute Gasteiger partial charge is 0.323 e. The zero-order valence-electron chi connectivity index (χ0n) is 15.3. The van der Waals surface area contributed by atoms with E-state index in [0.29, 0.717) is 17.2 Å². The van der Waals surface area contributed by atoms with Crippen molar-refractivity contribution in [3.05, 3.63) is 90.5 Å². The molecule has 0 aliphatic rings. The molecule has 6 heteroatoms. The minimum absolute atomic E-state index is 0.510. The van der Waals surface area contributed by atoms with Crippen LogP contribution in [0.1, 0.15) is 5.56 Å². The lowest BCUT2D eigenvalue weighted by Gasteiger charge is -2.18. The Hall–Kier alpha value is -3.80. The maximum absolute atomic E-state index is 12.6. The van der Waals surface area contributed by atoms with Crippen LogP contribution in [0.15, 0.2) is 90.0 Å². The number of para-hydroxylation sites is 2. The van der Waals surface area contributed by atoms with E-state index < -0.39 is 12.2 Å². The Morgan fingerprint density at radius 2 is 1.43 bits per heavy atom. The number of hydrazone groups is 1. The van der Waals surface area contributed by atoms with Crippen LogP contribution in [0.5, 0.6) is 17.2 Å². The third kappa shape index (κ3) is 5.60. The molecular formula is C22H20N2O4. The first kappa shape index (κ1) is 19.0. The molecule has 6 nitrogen and oxygen atoms in total. The topological polar surface area (TPSA) is 69.2 Å². The van der Waals surface area contributed by atoms with Crippen LogP contribution >= 0.6 is 0 Å². The van der Waals surface area contributed by atoms with E-state index in [1.54, 1.807) is 37.4 Å². The van der Waals surface area contributed by atoms with Crippen molar-refractivity contribution in [1.29, 1.82) is 0 Å². The minimum atomic E-state index is -1.20. The number of methoxy groups -OCH3 is 1. The van der Waals surface area contributed by atoms with Gasteiger partial charge in [-0.2, -0.15) is 5.10 Å². The summed E-state index contributed by atoms with van der Waals surface area (Å²) < 4.78 is 16.5. The second kappa shape index (κ2) is 9.78. The van der Waals surface area contributed by atoms with Gasteiger partial charge in [0.25, 0.3) is 0 Å². The largest absolute Gasteiger partial charge is 0.497 e. The van der Waals surface area contributed by atoms with Crippen molar-refractivity contribution in [3.8, 4) is 17.2 Å². The number of carbonyl (C=O) groups is 1. The maximum atomic E-state index is 12.6. The maximum Gasteiger partial charge on any atom is 0.323 e. The second-order valence-electron chi connectivity index (χ2n) is 5.70. The van der Waals surface area contributed by atoms with Gasteiger partial charge in [0.2, 0.25) is 0 Å². The fourth-order valence-electron chi connectivity index (χ4n) is 2.32. The molecule has 28 heavy (non-hydrogen) atoms. The van der Waals surface area contributed by atoms with Gasteiger partial charge in [0.1, 0.15) is 17.2 Å². The summed E-state index contributed by atoms with van der Waals surface area (Å²) in [4.78, 5) is 12.6. The van der Waals surface area contributed by atoms with Crippen molar-refractivity contribution < 1.29 is 19.0 Å². The molecule has 0 fully saturated rings. The number of nitrogens with zero attached hydrogens (tertiary/aromatic N) is 1. The normalized spacial score (nSPS) is 10.6. The summed E-state index contributed by atoms with van der Waals surface area (Å²) in [5.41, 5.74) is 3.23. The molecular weight excluding hydrogens is 356 g/mol. The fraction of sp³-hybridized carbons (Fsp3) is 0.0909. The number of nitrogens with one attached hydrogen (secondary N) is 1. The number of ether oxygens (including phenoxy) is 3. The molecule has 1 amide bonds. The summed E-state index contributed by atoms with van der Waals surface area (Å²) in [5, 5.41) is 3.98. The van der Waals surface area contributed by atoms with Crippen molar-refractivity contribution in [1.82, 2.24) is 5.43 Å². The Balaban J connectivity index is 1.69. The molecule has 0 unspecified atom stereocenters. The zero-order chi connectivity index (χ0) is 19.6. The average Bonchev–Trinajstić information content (AvgIpc) is 2.75. The van der Waals surface area contributed by atoms with Crippen LogP contribution in [0.3, 0.4) is 0 Å². The van der Waals surface area contributed by atoms with E-state index in [1.165, 1.54) is 6.21 Å². The first-order valence-electron chi connectivity index (χ1n) is 8.65. The summed E-state index contributed by atoms with van der Waals surface area (Å²) in [7, 11) is 1.59. The van der Waals surface area contributed by atoms with Crippen LogP contribution in [0.2, 0.25) is 0 Å². The molecule has 0 saturated carbocycles. The lowest BCUT2D eigenvalue weighted by atomic mass is 10.2. The van der Waals surface area contributed by atoms with Crippen molar-refractivity contribution >= 4 is 12.1 Å². The SMILES string of the molecule is COc1cccc(/C=N\NC(=O)C(Oc2ccccc2)Oc2ccccc2)c1. The molecule has 3 aromatic carbocycles. The van der Waals surface area contributed by atoms with E-state index in [4.69, 9.17) is 14.2 Å². The number of carbonyl (C=O) groups excluding carboxylic acids is 1. The van der Waals surface area contributed by atoms with Crippen LogP contribution in [0.4, 0.5) is 0 Å². The zero-order valence-corrected chi connectivity index (χ0v) is 15.3. The predicted molar refractivity (Wildman–Crippen MR) is 107 cm³/mol. The van der Waals surface area contributed by atoms with Crippen LogP contribution in [0, 0.1) is 0 Å². The molecule has 0 aliphatic heterocycles. The van der Waals surface area contributed by atoms with Gasteiger partial charge in [-0.05, 0) is 42.0 Å². The Bertz CT molecular complexity index is 873. The second-order valence-corrected chi connectivity index (χ2v) is 5.70. The van der Waals surface area contributed by atoms with Gasteiger partial charge in [-0.25, -0.2) is 5.43 Å². The number of rotatable bonds is 8. The van der Waals surface area contributed by atoms with E-state index in [-0.39, 0.29) is 0 Å². The summed E-state index contributed by atoms with van der Waals surface area (Å²) in [6, 6.07) is 25.3. The summed E-state index contributed by atoms with van der Waals surface area (Å²) in [5.74, 6) is 1.19. The third-order valence-corrected chi connectivity index (χ3v) is 3.67. The van der Waals surface area contributed by atoms with Crippen LogP contribution in [-0.2, 0) is 4.79 Å². The number of hydrogen-bond donors (Lipinski definition) is 1. The number of amides is 1. The Morgan fingerprint density at radius 3 is 2.00 bits per heavy atom. The van der Waals surface area contributed by atoms with Gasteiger partial charge in [0.15, 0.2) is 0 Å². The van der Waals surface area contributed by atoms with Gasteiger partial charge >= 0.3 is 12.2 Å². The highest BCUT2D eigenvalue weighted by molar-refractivity contribution is 5.84. The van der Waals surface area contributed by atoms with Crippen molar-refractivity contribution in [2.75, 3.05) is 7.11 Å². The highest BCUT2D eigenvalue weighted by Crippen LogP contribution is 2.16. The molecule has 0 aromatic heterocycles. The van der Waals surface area contributed by atoms with Crippen molar-refractivity contribution in [3.63, 3.8) is 0 Å². The van der Waals surface area contributed by atoms with Crippen molar-refractivity contribution in [2.24, 2.45) is 5.10 Å². The van der Waals surface area contributed by atoms with Crippen LogP contribution in [-0.4, -0.2) is 25.5 Å². The molecule has 0 aliphatic carbocycles. The molecule has 3 aromatic rings. The lowest BCUT2D eigenvalue weighted by molar-refractivity contribution is -0.140. The Labute approximate surface area is 163 Å². The van der Waals surface area contributed by atoms with Gasteiger partial charge in [-0.3, -0.25) is 4.79 Å². The fourth-order valence-corrected chi connectivity index (χ4v) is 2.32. The monoisotopic (exact) mass is 376 g/mol. The molecule has 1 N–H and O–H groups in total. The molecule has 3 rings (SSSR count). The van der Waals surface area contributed by atoms with Gasteiger partial charge in [0.05, 0.1) is 13.3 Å². The molecule has 0 saturated heterocycles. The third-order valence-electron chi connectivity index (χ3n) is 3.67. The number of benzene rings is 3. The van der Waals surface area contributed by atoms with E-state index >= 15 is 0 Å². The van der Waals surface area contributed by atoms with Crippen LogP contribution < -0.4 is 19.6 Å². The Morgan fingerprint density at radius 1 is 0.857 bits per heavy atom. The summed E-state index contributed by atoms with van der Waals surface area (Å²) in [6.07, 6.45) is 0.315.